The number of rotatable bonds is 6. The number of carbonyl (C=O) groups excluding carboxylic acids is 1. The Morgan fingerprint density at radius 1 is 1.33 bits per heavy atom. The van der Waals surface area contributed by atoms with Gasteiger partial charge in [-0.1, -0.05) is 12.2 Å². The van der Waals surface area contributed by atoms with Gasteiger partial charge in [0.1, 0.15) is 0 Å². The highest BCUT2D eigenvalue weighted by molar-refractivity contribution is 5.87. The first kappa shape index (κ1) is 10.7. The van der Waals surface area contributed by atoms with Crippen LogP contribution < -0.4 is 0 Å². The summed E-state index contributed by atoms with van der Waals surface area (Å²) in [5.41, 5.74) is 0. The van der Waals surface area contributed by atoms with Crippen molar-refractivity contribution in [1.29, 1.82) is 0 Å². The van der Waals surface area contributed by atoms with Gasteiger partial charge in [0.25, 0.3) is 0 Å². The van der Waals surface area contributed by atoms with Crippen molar-refractivity contribution in [3.8, 4) is 0 Å². The molecule has 12 heavy (non-hydrogen) atoms. The Labute approximate surface area is 73.9 Å². The summed E-state index contributed by atoms with van der Waals surface area (Å²) >= 11 is 0. The maximum absolute atomic E-state index is 10.6. The fourth-order valence-electron chi connectivity index (χ4n) is 0.738. The van der Waals surface area contributed by atoms with Crippen LogP contribution in [0.1, 0.15) is 6.92 Å². The van der Waals surface area contributed by atoms with Gasteiger partial charge >= 0.3 is 0 Å². The smallest absolute Gasteiger partial charge is 0.154 e. The largest absolute Gasteiger partial charge is 0.370 e. The molecular weight excluding hydrogens is 150 g/mol. The average molecular weight is 165 g/mol. The summed E-state index contributed by atoms with van der Waals surface area (Å²) < 4.78 is 0. The lowest BCUT2D eigenvalue weighted by Gasteiger charge is -2.14. The molecule has 0 bridgehead atoms. The summed E-state index contributed by atoms with van der Waals surface area (Å²) in [5, 5.41) is 0. The van der Waals surface area contributed by atoms with Gasteiger partial charge in [-0.25, -0.2) is 0 Å². The Morgan fingerprint density at radius 3 is 2.17 bits per heavy atom. The Morgan fingerprint density at radius 2 is 1.83 bits per heavy atom. The van der Waals surface area contributed by atoms with E-state index in [9.17, 15) is 4.79 Å². The Bertz CT molecular complexity index is 184. The van der Waals surface area contributed by atoms with Crippen molar-refractivity contribution in [1.82, 2.24) is 4.90 Å². The first-order valence-corrected chi connectivity index (χ1v) is 3.85. The van der Waals surface area contributed by atoms with Crippen LogP contribution in [0.3, 0.4) is 0 Å². The summed E-state index contributed by atoms with van der Waals surface area (Å²) in [4.78, 5) is 12.5. The van der Waals surface area contributed by atoms with Crippen molar-refractivity contribution in [3.05, 3.63) is 37.6 Å². The van der Waals surface area contributed by atoms with Crippen LogP contribution in [0.2, 0.25) is 0 Å². The third-order valence-corrected chi connectivity index (χ3v) is 1.25. The summed E-state index contributed by atoms with van der Waals surface area (Å²) in [5.74, 6) is 0.0492. The number of hydrogen-bond acceptors (Lipinski definition) is 2. The van der Waals surface area contributed by atoms with E-state index in [-0.39, 0.29) is 5.78 Å². The molecule has 0 amide bonds. The zero-order valence-electron chi connectivity index (χ0n) is 7.49. The summed E-state index contributed by atoms with van der Waals surface area (Å²) in [7, 11) is 0. The molecule has 2 heteroatoms. The van der Waals surface area contributed by atoms with Crippen molar-refractivity contribution in [2.24, 2.45) is 0 Å². The molecule has 0 aromatic heterocycles. The highest BCUT2D eigenvalue weighted by atomic mass is 16.1. The molecule has 66 valence electrons. The molecule has 0 N–H and O–H groups in total. The Hall–Kier alpha value is -1.31. The van der Waals surface area contributed by atoms with Crippen molar-refractivity contribution in [3.63, 3.8) is 0 Å². The molecule has 0 saturated heterocycles. The molecule has 0 fully saturated rings. The normalized spacial score (nSPS) is 9.75. The van der Waals surface area contributed by atoms with Gasteiger partial charge in [-0.2, -0.15) is 0 Å². The van der Waals surface area contributed by atoms with E-state index >= 15 is 0 Å². The standard InChI is InChI=1S/C10H15NO/c1-4-7-11(8-5-2)9-6-10(3)12/h4-6,9H,1-2,7-8H2,3H3/b9-6+. The predicted octanol–water partition coefficient (Wildman–Crippen LogP) is 1.76. The lowest BCUT2D eigenvalue weighted by atomic mass is 10.4. The van der Waals surface area contributed by atoms with E-state index in [0.717, 1.165) is 13.1 Å². The van der Waals surface area contributed by atoms with Crippen molar-refractivity contribution in [2.75, 3.05) is 13.1 Å². The summed E-state index contributed by atoms with van der Waals surface area (Å²) in [6.45, 7) is 10.2. The maximum Gasteiger partial charge on any atom is 0.154 e. The lowest BCUT2D eigenvalue weighted by Crippen LogP contribution is -2.17. The number of nitrogens with zero attached hydrogens (tertiary/aromatic N) is 1. The van der Waals surface area contributed by atoms with E-state index in [4.69, 9.17) is 0 Å². The van der Waals surface area contributed by atoms with E-state index in [1.54, 1.807) is 18.4 Å². The Balaban J connectivity index is 4.00. The molecule has 0 spiro atoms. The Kier molecular flexibility index (Phi) is 5.70. The third kappa shape index (κ3) is 5.47. The molecule has 0 rings (SSSR count). The van der Waals surface area contributed by atoms with Crippen LogP contribution in [0.15, 0.2) is 37.6 Å². The van der Waals surface area contributed by atoms with E-state index in [1.807, 2.05) is 4.90 Å². The van der Waals surface area contributed by atoms with Crippen LogP contribution in [-0.2, 0) is 4.79 Å². The van der Waals surface area contributed by atoms with E-state index in [0.29, 0.717) is 0 Å². The minimum atomic E-state index is 0.0492. The predicted molar refractivity (Wildman–Crippen MR) is 51.8 cm³/mol. The number of hydrogen-bond donors (Lipinski definition) is 0. The van der Waals surface area contributed by atoms with Gasteiger partial charge in [0, 0.05) is 19.3 Å². The molecular formula is C10H15NO. The van der Waals surface area contributed by atoms with E-state index < -0.39 is 0 Å². The fourth-order valence-corrected chi connectivity index (χ4v) is 0.738. The van der Waals surface area contributed by atoms with Crippen LogP contribution in [0, 0.1) is 0 Å². The summed E-state index contributed by atoms with van der Waals surface area (Å²) in [6.07, 6.45) is 6.86. The third-order valence-electron chi connectivity index (χ3n) is 1.25. The average Bonchev–Trinajstić information content (AvgIpc) is 2.01. The van der Waals surface area contributed by atoms with Gasteiger partial charge in [-0.3, -0.25) is 4.79 Å². The van der Waals surface area contributed by atoms with Gasteiger partial charge in [0.2, 0.25) is 0 Å². The molecule has 2 nitrogen and oxygen atoms in total. The summed E-state index contributed by atoms with van der Waals surface area (Å²) in [6, 6.07) is 0. The lowest BCUT2D eigenvalue weighted by molar-refractivity contribution is -0.112. The molecule has 0 heterocycles. The fraction of sp³-hybridized carbons (Fsp3) is 0.300. The van der Waals surface area contributed by atoms with Crippen LogP contribution >= 0.6 is 0 Å². The molecule has 0 atom stereocenters. The second-order valence-electron chi connectivity index (χ2n) is 2.46. The first-order valence-electron chi connectivity index (χ1n) is 3.85. The zero-order valence-corrected chi connectivity index (χ0v) is 7.49. The SMILES string of the molecule is C=CCN(/C=C/C(C)=O)CC=C. The highest BCUT2D eigenvalue weighted by Gasteiger charge is 1.92. The van der Waals surface area contributed by atoms with E-state index in [2.05, 4.69) is 13.2 Å². The van der Waals surface area contributed by atoms with Gasteiger partial charge in [-0.15, -0.1) is 13.2 Å². The zero-order chi connectivity index (χ0) is 9.40. The van der Waals surface area contributed by atoms with Gasteiger partial charge in [0.15, 0.2) is 5.78 Å². The number of ketones is 1. The molecule has 0 saturated carbocycles. The topological polar surface area (TPSA) is 20.3 Å². The van der Waals surface area contributed by atoms with Gasteiger partial charge in [0.05, 0.1) is 0 Å². The molecule has 0 aliphatic heterocycles. The highest BCUT2D eigenvalue weighted by Crippen LogP contribution is 1.90. The molecule has 0 aliphatic carbocycles. The van der Waals surface area contributed by atoms with Crippen LogP contribution in [0.5, 0.6) is 0 Å². The quantitative estimate of drug-likeness (QED) is 0.441. The number of allylic oxidation sites excluding steroid dienone is 1. The maximum atomic E-state index is 10.6. The molecule has 0 radical (unpaired) electrons. The molecule has 0 aliphatic rings. The van der Waals surface area contributed by atoms with Crippen LogP contribution in [0.25, 0.3) is 0 Å². The minimum absolute atomic E-state index is 0.0492. The van der Waals surface area contributed by atoms with Gasteiger partial charge < -0.3 is 4.90 Å². The first-order chi connectivity index (χ1) is 5.70. The monoisotopic (exact) mass is 165 g/mol. The molecule has 0 unspecified atom stereocenters. The second-order valence-corrected chi connectivity index (χ2v) is 2.46. The second kappa shape index (κ2) is 6.40. The molecule has 0 aromatic carbocycles. The van der Waals surface area contributed by atoms with Crippen LogP contribution in [-0.4, -0.2) is 23.8 Å². The van der Waals surface area contributed by atoms with Gasteiger partial charge in [-0.05, 0) is 13.0 Å². The van der Waals surface area contributed by atoms with Crippen molar-refractivity contribution in [2.45, 2.75) is 6.92 Å². The van der Waals surface area contributed by atoms with E-state index in [1.165, 1.54) is 13.0 Å². The van der Waals surface area contributed by atoms with Crippen LogP contribution in [0.4, 0.5) is 0 Å². The van der Waals surface area contributed by atoms with Crippen molar-refractivity contribution >= 4 is 5.78 Å². The minimum Gasteiger partial charge on any atom is -0.370 e. The molecule has 0 aromatic rings. The number of carbonyl (C=O) groups is 1. The van der Waals surface area contributed by atoms with Crippen molar-refractivity contribution < 1.29 is 4.79 Å².